The zero-order valence-electron chi connectivity index (χ0n) is 9.78. The molecule has 92 valence electrons. The third-order valence-electron chi connectivity index (χ3n) is 2.76. The smallest absolute Gasteiger partial charge is 0.305 e. The van der Waals surface area contributed by atoms with E-state index in [2.05, 4.69) is 9.64 Å². The predicted molar refractivity (Wildman–Crippen MR) is 67.2 cm³/mol. The van der Waals surface area contributed by atoms with Crippen molar-refractivity contribution in [3.05, 3.63) is 0 Å². The number of esters is 1. The molecule has 0 aromatic heterocycles. The maximum absolute atomic E-state index is 11.0. The van der Waals surface area contributed by atoms with Crippen molar-refractivity contribution in [1.82, 2.24) is 4.90 Å². The average molecular weight is 244 g/mol. The number of nitrogens with two attached hydrogens (primary N) is 1. The van der Waals surface area contributed by atoms with Crippen LogP contribution in [0.1, 0.15) is 32.1 Å². The van der Waals surface area contributed by atoms with Crippen LogP contribution in [0.5, 0.6) is 0 Å². The molecule has 16 heavy (non-hydrogen) atoms. The fraction of sp³-hybridized carbons (Fsp3) is 0.818. The number of rotatable bonds is 8. The Morgan fingerprint density at radius 2 is 2.12 bits per heavy atom. The van der Waals surface area contributed by atoms with Crippen LogP contribution in [0.2, 0.25) is 0 Å². The van der Waals surface area contributed by atoms with Crippen molar-refractivity contribution in [3.63, 3.8) is 0 Å². The predicted octanol–water partition coefficient (Wildman–Crippen LogP) is 1.08. The number of carbonyl (C=O) groups excluding carboxylic acids is 1. The molecule has 0 saturated heterocycles. The summed E-state index contributed by atoms with van der Waals surface area (Å²) in [6.45, 7) is 1.85. The Kier molecular flexibility index (Phi) is 5.69. The van der Waals surface area contributed by atoms with E-state index < -0.39 is 0 Å². The van der Waals surface area contributed by atoms with Gasteiger partial charge in [-0.3, -0.25) is 9.69 Å². The first kappa shape index (κ1) is 13.4. The molecule has 4 nitrogen and oxygen atoms in total. The van der Waals surface area contributed by atoms with Crippen LogP contribution in [0.25, 0.3) is 0 Å². The molecule has 0 heterocycles. The Morgan fingerprint density at radius 1 is 1.44 bits per heavy atom. The number of ether oxygens (including phenoxy) is 1. The van der Waals surface area contributed by atoms with E-state index in [0.717, 1.165) is 25.9 Å². The minimum Gasteiger partial charge on any atom is -0.469 e. The number of thiocarbonyl (C=S) groups is 1. The fourth-order valence-electron chi connectivity index (χ4n) is 1.70. The van der Waals surface area contributed by atoms with Gasteiger partial charge in [0.05, 0.1) is 12.1 Å². The van der Waals surface area contributed by atoms with Crippen LogP contribution in [-0.2, 0) is 9.53 Å². The molecule has 1 rings (SSSR count). The van der Waals surface area contributed by atoms with Crippen molar-refractivity contribution in [2.45, 2.75) is 38.1 Å². The summed E-state index contributed by atoms with van der Waals surface area (Å²) in [5, 5.41) is 0. The summed E-state index contributed by atoms with van der Waals surface area (Å²) in [5.74, 6) is -0.134. The molecule has 0 atom stereocenters. The van der Waals surface area contributed by atoms with Crippen LogP contribution in [0.4, 0.5) is 0 Å². The Hall–Kier alpha value is -0.680. The first-order valence-electron chi connectivity index (χ1n) is 5.72. The van der Waals surface area contributed by atoms with Gasteiger partial charge in [-0.15, -0.1) is 0 Å². The van der Waals surface area contributed by atoms with Crippen molar-refractivity contribution in [2.75, 3.05) is 20.2 Å². The van der Waals surface area contributed by atoms with E-state index in [-0.39, 0.29) is 5.97 Å². The molecule has 0 amide bonds. The quantitative estimate of drug-likeness (QED) is 0.511. The van der Waals surface area contributed by atoms with E-state index in [1.165, 1.54) is 20.0 Å². The van der Waals surface area contributed by atoms with Gasteiger partial charge < -0.3 is 10.5 Å². The Bertz CT molecular complexity index is 254. The SMILES string of the molecule is COC(=O)CCCN(CCC(N)=S)C1CC1. The second-order valence-corrected chi connectivity index (χ2v) is 4.69. The molecule has 5 heteroatoms. The highest BCUT2D eigenvalue weighted by molar-refractivity contribution is 7.80. The normalized spacial score (nSPS) is 15.1. The molecule has 0 unspecified atom stereocenters. The van der Waals surface area contributed by atoms with E-state index in [4.69, 9.17) is 18.0 Å². The first-order chi connectivity index (χ1) is 7.63. The topological polar surface area (TPSA) is 55.6 Å². The van der Waals surface area contributed by atoms with E-state index in [0.29, 0.717) is 17.5 Å². The highest BCUT2D eigenvalue weighted by Gasteiger charge is 2.28. The molecule has 0 bridgehead atoms. The molecule has 0 aliphatic heterocycles. The van der Waals surface area contributed by atoms with Crippen LogP contribution in [0.15, 0.2) is 0 Å². The second kappa shape index (κ2) is 6.81. The summed E-state index contributed by atoms with van der Waals surface area (Å²) in [5.41, 5.74) is 5.49. The lowest BCUT2D eigenvalue weighted by atomic mass is 10.2. The van der Waals surface area contributed by atoms with Crippen molar-refractivity contribution >= 4 is 23.2 Å². The minimum atomic E-state index is -0.134. The summed E-state index contributed by atoms with van der Waals surface area (Å²) in [6.07, 6.45) is 4.63. The maximum atomic E-state index is 11.0. The van der Waals surface area contributed by atoms with Crippen LogP contribution >= 0.6 is 12.2 Å². The summed E-state index contributed by atoms with van der Waals surface area (Å²) < 4.78 is 4.61. The highest BCUT2D eigenvalue weighted by Crippen LogP contribution is 2.27. The summed E-state index contributed by atoms with van der Waals surface area (Å²) in [4.78, 5) is 13.9. The molecular weight excluding hydrogens is 224 g/mol. The molecule has 0 aromatic carbocycles. The molecule has 0 spiro atoms. The van der Waals surface area contributed by atoms with Gasteiger partial charge in [0, 0.05) is 25.4 Å². The van der Waals surface area contributed by atoms with E-state index >= 15 is 0 Å². The molecule has 1 saturated carbocycles. The zero-order valence-corrected chi connectivity index (χ0v) is 10.6. The minimum absolute atomic E-state index is 0.134. The molecule has 1 aliphatic carbocycles. The van der Waals surface area contributed by atoms with Gasteiger partial charge in [0.2, 0.25) is 0 Å². The van der Waals surface area contributed by atoms with Gasteiger partial charge in [-0.05, 0) is 25.8 Å². The van der Waals surface area contributed by atoms with Gasteiger partial charge in [0.25, 0.3) is 0 Å². The lowest BCUT2D eigenvalue weighted by molar-refractivity contribution is -0.140. The Morgan fingerprint density at radius 3 is 2.62 bits per heavy atom. The highest BCUT2D eigenvalue weighted by atomic mass is 32.1. The van der Waals surface area contributed by atoms with Gasteiger partial charge in [-0.25, -0.2) is 0 Å². The fourth-order valence-corrected chi connectivity index (χ4v) is 1.79. The monoisotopic (exact) mass is 244 g/mol. The lowest BCUT2D eigenvalue weighted by Gasteiger charge is -2.21. The third-order valence-corrected chi connectivity index (χ3v) is 2.97. The molecule has 1 aliphatic rings. The van der Waals surface area contributed by atoms with Gasteiger partial charge in [-0.1, -0.05) is 12.2 Å². The number of methoxy groups -OCH3 is 1. The van der Waals surface area contributed by atoms with E-state index in [1.54, 1.807) is 0 Å². The van der Waals surface area contributed by atoms with Gasteiger partial charge in [-0.2, -0.15) is 0 Å². The molecule has 1 fully saturated rings. The number of carbonyl (C=O) groups is 1. The largest absolute Gasteiger partial charge is 0.469 e. The summed E-state index contributed by atoms with van der Waals surface area (Å²) in [7, 11) is 1.42. The van der Waals surface area contributed by atoms with Crippen LogP contribution < -0.4 is 5.73 Å². The second-order valence-electron chi connectivity index (χ2n) is 4.16. The van der Waals surface area contributed by atoms with Crippen molar-refractivity contribution < 1.29 is 9.53 Å². The zero-order chi connectivity index (χ0) is 12.0. The molecule has 2 N–H and O–H groups in total. The van der Waals surface area contributed by atoms with Crippen LogP contribution in [-0.4, -0.2) is 42.1 Å². The van der Waals surface area contributed by atoms with Crippen molar-refractivity contribution in [1.29, 1.82) is 0 Å². The standard InChI is InChI=1S/C11H20N2O2S/c1-15-11(14)3-2-7-13(9-4-5-9)8-6-10(12)16/h9H,2-8H2,1H3,(H2,12,16). The Balaban J connectivity index is 2.17. The molecule has 0 radical (unpaired) electrons. The molecular formula is C11H20N2O2S. The summed E-state index contributed by atoms with van der Waals surface area (Å²) >= 11 is 4.87. The van der Waals surface area contributed by atoms with Crippen molar-refractivity contribution in [3.8, 4) is 0 Å². The maximum Gasteiger partial charge on any atom is 0.305 e. The van der Waals surface area contributed by atoms with Gasteiger partial charge >= 0.3 is 5.97 Å². The molecule has 0 aromatic rings. The third kappa shape index (κ3) is 5.42. The van der Waals surface area contributed by atoms with E-state index in [9.17, 15) is 4.79 Å². The van der Waals surface area contributed by atoms with Crippen LogP contribution in [0.3, 0.4) is 0 Å². The average Bonchev–Trinajstić information content (AvgIpc) is 3.06. The van der Waals surface area contributed by atoms with Crippen LogP contribution in [0, 0.1) is 0 Å². The number of hydrogen-bond acceptors (Lipinski definition) is 4. The van der Waals surface area contributed by atoms with Gasteiger partial charge in [0.15, 0.2) is 0 Å². The van der Waals surface area contributed by atoms with Crippen molar-refractivity contribution in [2.24, 2.45) is 5.73 Å². The number of hydrogen-bond donors (Lipinski definition) is 1. The first-order valence-corrected chi connectivity index (χ1v) is 6.13. The Labute approximate surface area is 102 Å². The summed E-state index contributed by atoms with van der Waals surface area (Å²) in [6, 6.07) is 0.687. The van der Waals surface area contributed by atoms with Gasteiger partial charge in [0.1, 0.15) is 0 Å². The van der Waals surface area contributed by atoms with E-state index in [1.807, 2.05) is 0 Å². The lowest BCUT2D eigenvalue weighted by Crippen LogP contribution is -2.31. The number of nitrogens with zero attached hydrogens (tertiary/aromatic N) is 1.